The summed E-state index contributed by atoms with van der Waals surface area (Å²) < 4.78 is 12.8. The zero-order chi connectivity index (χ0) is 13.1. The molecule has 18 heavy (non-hydrogen) atoms. The zero-order valence-electron chi connectivity index (χ0n) is 9.83. The van der Waals surface area contributed by atoms with Gasteiger partial charge in [-0.05, 0) is 24.6 Å². The Morgan fingerprint density at radius 3 is 3.00 bits per heavy atom. The van der Waals surface area contributed by atoms with E-state index in [2.05, 4.69) is 5.32 Å². The van der Waals surface area contributed by atoms with Crippen LogP contribution in [0, 0.1) is 5.82 Å². The lowest BCUT2D eigenvalue weighted by Crippen LogP contribution is -2.33. The van der Waals surface area contributed by atoms with E-state index in [1.165, 1.54) is 18.2 Å². The number of hydrogen-bond donors (Lipinski definition) is 2. The van der Waals surface area contributed by atoms with Gasteiger partial charge in [0.2, 0.25) is 5.91 Å². The number of halogens is 2. The highest BCUT2D eigenvalue weighted by Gasteiger charge is 2.21. The second kappa shape index (κ2) is 5.65. The van der Waals surface area contributed by atoms with E-state index in [1.54, 1.807) is 0 Å². The third-order valence-electron chi connectivity index (χ3n) is 2.88. The number of amides is 1. The average molecular weight is 272 g/mol. The molecule has 1 unspecified atom stereocenters. The van der Waals surface area contributed by atoms with E-state index in [4.69, 9.17) is 17.3 Å². The molecular formula is C12H15ClFN3O. The summed E-state index contributed by atoms with van der Waals surface area (Å²) in [5, 5.41) is 2.85. The molecule has 1 amide bonds. The van der Waals surface area contributed by atoms with Crippen molar-refractivity contribution in [2.24, 2.45) is 5.73 Å². The van der Waals surface area contributed by atoms with Crippen LogP contribution in [0.1, 0.15) is 6.42 Å². The summed E-state index contributed by atoms with van der Waals surface area (Å²) >= 11 is 5.83. The van der Waals surface area contributed by atoms with Gasteiger partial charge in [-0.2, -0.15) is 0 Å². The molecule has 1 aliphatic heterocycles. The van der Waals surface area contributed by atoms with Crippen molar-refractivity contribution < 1.29 is 9.18 Å². The number of carbonyl (C=O) groups is 1. The number of likely N-dealkylation sites (tertiary alicyclic amines) is 1. The fraction of sp³-hybridized carbons (Fsp3) is 0.417. The molecule has 6 heteroatoms. The van der Waals surface area contributed by atoms with Crippen molar-refractivity contribution in [3.8, 4) is 0 Å². The number of nitrogens with two attached hydrogens (primary N) is 1. The van der Waals surface area contributed by atoms with Crippen molar-refractivity contribution in [2.75, 3.05) is 25.0 Å². The fourth-order valence-corrected chi connectivity index (χ4v) is 2.20. The summed E-state index contributed by atoms with van der Waals surface area (Å²) in [7, 11) is 0. The van der Waals surface area contributed by atoms with Crippen LogP contribution in [-0.4, -0.2) is 36.5 Å². The molecule has 4 nitrogen and oxygen atoms in total. The SMILES string of the molecule is NC1CCN(CC(=O)Nc2ccc(F)cc2Cl)C1. The van der Waals surface area contributed by atoms with Gasteiger partial charge in [-0.15, -0.1) is 0 Å². The Balaban J connectivity index is 1.91. The largest absolute Gasteiger partial charge is 0.326 e. The van der Waals surface area contributed by atoms with Crippen molar-refractivity contribution in [3.05, 3.63) is 29.0 Å². The Morgan fingerprint density at radius 1 is 1.61 bits per heavy atom. The first-order valence-electron chi connectivity index (χ1n) is 5.77. The van der Waals surface area contributed by atoms with Gasteiger partial charge >= 0.3 is 0 Å². The van der Waals surface area contributed by atoms with E-state index >= 15 is 0 Å². The van der Waals surface area contributed by atoms with E-state index in [0.717, 1.165) is 19.5 Å². The van der Waals surface area contributed by atoms with E-state index in [-0.39, 0.29) is 23.5 Å². The number of anilines is 1. The minimum atomic E-state index is -0.427. The number of rotatable bonds is 3. The van der Waals surface area contributed by atoms with Crippen LogP contribution in [-0.2, 0) is 4.79 Å². The van der Waals surface area contributed by atoms with Crippen molar-refractivity contribution in [1.29, 1.82) is 0 Å². The molecule has 1 aromatic carbocycles. The summed E-state index contributed by atoms with van der Waals surface area (Å²) in [4.78, 5) is 13.7. The van der Waals surface area contributed by atoms with Gasteiger partial charge in [-0.3, -0.25) is 9.69 Å². The number of benzene rings is 1. The Kier molecular flexibility index (Phi) is 4.16. The third kappa shape index (κ3) is 3.41. The van der Waals surface area contributed by atoms with Crippen LogP contribution >= 0.6 is 11.6 Å². The van der Waals surface area contributed by atoms with Crippen molar-refractivity contribution >= 4 is 23.2 Å². The normalized spacial score (nSPS) is 20.1. The maximum Gasteiger partial charge on any atom is 0.238 e. The van der Waals surface area contributed by atoms with Gasteiger partial charge in [0.1, 0.15) is 5.82 Å². The standard InChI is InChI=1S/C12H15ClFN3O/c13-10-5-8(14)1-2-11(10)16-12(18)7-17-4-3-9(15)6-17/h1-2,5,9H,3-4,6-7,15H2,(H,16,18). The van der Waals surface area contributed by atoms with Gasteiger partial charge in [0.05, 0.1) is 17.3 Å². The molecular weight excluding hydrogens is 257 g/mol. The molecule has 0 aromatic heterocycles. The first-order chi connectivity index (χ1) is 8.54. The number of nitrogens with one attached hydrogen (secondary N) is 1. The molecule has 0 spiro atoms. The van der Waals surface area contributed by atoms with E-state index in [9.17, 15) is 9.18 Å². The monoisotopic (exact) mass is 271 g/mol. The van der Waals surface area contributed by atoms with Crippen molar-refractivity contribution in [2.45, 2.75) is 12.5 Å². The predicted octanol–water partition coefficient (Wildman–Crippen LogP) is 1.45. The molecule has 1 aromatic rings. The molecule has 3 N–H and O–H groups in total. The first-order valence-corrected chi connectivity index (χ1v) is 6.15. The lowest BCUT2D eigenvalue weighted by molar-refractivity contribution is -0.117. The molecule has 0 radical (unpaired) electrons. The van der Waals surface area contributed by atoms with E-state index in [0.29, 0.717) is 5.69 Å². The van der Waals surface area contributed by atoms with Crippen LogP contribution < -0.4 is 11.1 Å². The molecule has 98 valence electrons. The van der Waals surface area contributed by atoms with Crippen LogP contribution in [0.5, 0.6) is 0 Å². The van der Waals surface area contributed by atoms with Gasteiger partial charge in [-0.25, -0.2) is 4.39 Å². The summed E-state index contributed by atoms with van der Waals surface area (Å²) in [6.45, 7) is 1.83. The maximum absolute atomic E-state index is 12.8. The van der Waals surface area contributed by atoms with Crippen molar-refractivity contribution in [3.63, 3.8) is 0 Å². The molecule has 0 bridgehead atoms. The lowest BCUT2D eigenvalue weighted by Gasteiger charge is -2.15. The number of carbonyl (C=O) groups excluding carboxylic acids is 1. The molecule has 1 heterocycles. The highest BCUT2D eigenvalue weighted by Crippen LogP contribution is 2.22. The summed E-state index contributed by atoms with van der Waals surface area (Å²) in [6.07, 6.45) is 0.907. The maximum atomic E-state index is 12.8. The number of hydrogen-bond acceptors (Lipinski definition) is 3. The lowest BCUT2D eigenvalue weighted by atomic mass is 10.3. The molecule has 1 aliphatic rings. The average Bonchev–Trinajstić information content (AvgIpc) is 2.68. The highest BCUT2D eigenvalue weighted by molar-refractivity contribution is 6.33. The molecule has 2 rings (SSSR count). The molecule has 1 saturated heterocycles. The van der Waals surface area contributed by atoms with Crippen molar-refractivity contribution in [1.82, 2.24) is 4.90 Å². The van der Waals surface area contributed by atoms with Crippen LogP contribution in [0.15, 0.2) is 18.2 Å². The molecule has 1 atom stereocenters. The fourth-order valence-electron chi connectivity index (χ4n) is 1.99. The quantitative estimate of drug-likeness (QED) is 0.875. The Bertz CT molecular complexity index is 455. The smallest absolute Gasteiger partial charge is 0.238 e. The van der Waals surface area contributed by atoms with Crippen LogP contribution in [0.2, 0.25) is 5.02 Å². The third-order valence-corrected chi connectivity index (χ3v) is 3.19. The van der Waals surface area contributed by atoms with Gasteiger partial charge in [0.15, 0.2) is 0 Å². The Labute approximate surface area is 110 Å². The topological polar surface area (TPSA) is 58.4 Å². The van der Waals surface area contributed by atoms with Gasteiger partial charge < -0.3 is 11.1 Å². The highest BCUT2D eigenvalue weighted by atomic mass is 35.5. The summed E-state index contributed by atoms with van der Waals surface area (Å²) in [6, 6.07) is 4.02. The van der Waals surface area contributed by atoms with Crippen LogP contribution in [0.25, 0.3) is 0 Å². The minimum absolute atomic E-state index is 0.146. The second-order valence-corrected chi connectivity index (χ2v) is 4.86. The van der Waals surface area contributed by atoms with Crippen LogP contribution in [0.4, 0.5) is 10.1 Å². The molecule has 1 fully saturated rings. The second-order valence-electron chi connectivity index (χ2n) is 4.46. The summed E-state index contributed by atoms with van der Waals surface area (Å²) in [5.41, 5.74) is 6.18. The van der Waals surface area contributed by atoms with E-state index in [1.807, 2.05) is 4.90 Å². The van der Waals surface area contributed by atoms with Gasteiger partial charge in [0, 0.05) is 19.1 Å². The molecule has 0 saturated carbocycles. The minimum Gasteiger partial charge on any atom is -0.326 e. The van der Waals surface area contributed by atoms with Gasteiger partial charge in [-0.1, -0.05) is 11.6 Å². The Hall–Kier alpha value is -1.17. The van der Waals surface area contributed by atoms with Gasteiger partial charge in [0.25, 0.3) is 0 Å². The van der Waals surface area contributed by atoms with Crippen LogP contribution in [0.3, 0.4) is 0 Å². The van der Waals surface area contributed by atoms with E-state index < -0.39 is 5.82 Å². The predicted molar refractivity (Wildman–Crippen MR) is 69.1 cm³/mol. The number of nitrogens with zero attached hydrogens (tertiary/aromatic N) is 1. The summed E-state index contributed by atoms with van der Waals surface area (Å²) in [5.74, 6) is -0.596. The first kappa shape index (κ1) is 13.3. The zero-order valence-corrected chi connectivity index (χ0v) is 10.6. The molecule has 0 aliphatic carbocycles. The Morgan fingerprint density at radius 2 is 2.39 bits per heavy atom.